The fraction of sp³-hybridized carbons (Fsp3) is 0.286. The van der Waals surface area contributed by atoms with E-state index < -0.39 is 0 Å². The Morgan fingerprint density at radius 2 is 1.68 bits per heavy atom. The molecule has 0 saturated heterocycles. The van der Waals surface area contributed by atoms with Crippen molar-refractivity contribution in [3.05, 3.63) is 99.0 Å². The van der Waals surface area contributed by atoms with Crippen molar-refractivity contribution in [2.75, 3.05) is 0 Å². The highest BCUT2D eigenvalue weighted by atomic mass is 16.5. The highest BCUT2D eigenvalue weighted by Crippen LogP contribution is 2.27. The zero-order valence-electron chi connectivity index (χ0n) is 20.6. The largest absolute Gasteiger partial charge is 0.488 e. The Hall–Kier alpha value is -3.80. The van der Waals surface area contributed by atoms with Gasteiger partial charge in [-0.25, -0.2) is 9.97 Å². The molecule has 0 aliphatic heterocycles. The normalized spacial score (nSPS) is 11.1. The summed E-state index contributed by atoms with van der Waals surface area (Å²) in [6.45, 7) is 12.3. The fourth-order valence-corrected chi connectivity index (χ4v) is 4.01. The molecule has 0 unspecified atom stereocenters. The predicted octanol–water partition coefficient (Wildman–Crippen LogP) is 5.63. The van der Waals surface area contributed by atoms with Crippen molar-refractivity contribution in [2.24, 2.45) is 0 Å². The van der Waals surface area contributed by atoms with Crippen molar-refractivity contribution >= 4 is 0 Å². The molecule has 4 rings (SSSR count). The van der Waals surface area contributed by atoms with Crippen LogP contribution in [0.2, 0.25) is 0 Å². The highest BCUT2D eigenvalue weighted by molar-refractivity contribution is 5.58. The molecule has 0 bridgehead atoms. The maximum absolute atomic E-state index is 13.5. The lowest BCUT2D eigenvalue weighted by Gasteiger charge is -2.19. The Bertz CT molecular complexity index is 1410. The summed E-state index contributed by atoms with van der Waals surface area (Å²) < 4.78 is 7.87. The molecule has 4 aromatic rings. The first kappa shape index (κ1) is 23.4. The SMILES string of the molecule is Cc1cccc(COc2c(C)c(C)n(-c3ccnc(-c4ccnc(C(C)C)n4)c3)c(=O)c2C)c1. The van der Waals surface area contributed by atoms with E-state index in [2.05, 4.69) is 47.9 Å². The van der Waals surface area contributed by atoms with Gasteiger partial charge in [-0.15, -0.1) is 0 Å². The first-order valence-electron chi connectivity index (χ1n) is 11.5. The molecule has 0 N–H and O–H groups in total. The Morgan fingerprint density at radius 3 is 2.41 bits per heavy atom. The minimum Gasteiger partial charge on any atom is -0.488 e. The molecule has 34 heavy (non-hydrogen) atoms. The van der Waals surface area contributed by atoms with E-state index in [1.165, 1.54) is 5.56 Å². The van der Waals surface area contributed by atoms with Gasteiger partial charge in [0.2, 0.25) is 0 Å². The van der Waals surface area contributed by atoms with Gasteiger partial charge in [-0.2, -0.15) is 0 Å². The molecule has 0 saturated carbocycles. The molecule has 174 valence electrons. The number of aromatic nitrogens is 4. The minimum absolute atomic E-state index is 0.106. The lowest BCUT2D eigenvalue weighted by Crippen LogP contribution is -2.25. The second-order valence-electron chi connectivity index (χ2n) is 8.94. The van der Waals surface area contributed by atoms with Crippen LogP contribution in [0, 0.1) is 27.7 Å². The zero-order chi connectivity index (χ0) is 24.4. The summed E-state index contributed by atoms with van der Waals surface area (Å²) in [7, 11) is 0. The first-order chi connectivity index (χ1) is 16.3. The maximum Gasteiger partial charge on any atom is 0.261 e. The van der Waals surface area contributed by atoms with E-state index in [-0.39, 0.29) is 11.5 Å². The van der Waals surface area contributed by atoms with Crippen LogP contribution in [0.4, 0.5) is 0 Å². The minimum atomic E-state index is -0.106. The molecule has 1 aromatic carbocycles. The second-order valence-corrected chi connectivity index (χ2v) is 8.94. The van der Waals surface area contributed by atoms with Gasteiger partial charge in [-0.1, -0.05) is 43.7 Å². The van der Waals surface area contributed by atoms with Gasteiger partial charge in [0.15, 0.2) is 0 Å². The van der Waals surface area contributed by atoms with Gasteiger partial charge >= 0.3 is 0 Å². The van der Waals surface area contributed by atoms with Gasteiger partial charge in [-0.3, -0.25) is 14.3 Å². The van der Waals surface area contributed by atoms with Gasteiger partial charge < -0.3 is 4.74 Å². The molecule has 0 aliphatic rings. The van der Waals surface area contributed by atoms with Crippen molar-refractivity contribution in [3.8, 4) is 22.8 Å². The van der Waals surface area contributed by atoms with E-state index in [1.807, 2.05) is 51.1 Å². The Kier molecular flexibility index (Phi) is 6.59. The fourth-order valence-electron chi connectivity index (χ4n) is 4.01. The molecule has 0 atom stereocenters. The summed E-state index contributed by atoms with van der Waals surface area (Å²) in [5.74, 6) is 1.62. The maximum atomic E-state index is 13.5. The van der Waals surface area contributed by atoms with E-state index in [0.717, 1.165) is 34.0 Å². The third-order valence-electron chi connectivity index (χ3n) is 6.00. The molecular formula is C28H30N4O2. The summed E-state index contributed by atoms with van der Waals surface area (Å²) in [4.78, 5) is 26.9. The average molecular weight is 455 g/mol. The molecule has 6 nitrogen and oxygen atoms in total. The van der Waals surface area contributed by atoms with Crippen molar-refractivity contribution in [1.29, 1.82) is 0 Å². The third kappa shape index (κ3) is 4.62. The lowest BCUT2D eigenvalue weighted by molar-refractivity contribution is 0.300. The second kappa shape index (κ2) is 9.59. The molecule has 3 aromatic heterocycles. The predicted molar refractivity (Wildman–Crippen MR) is 135 cm³/mol. The summed E-state index contributed by atoms with van der Waals surface area (Å²) in [5.41, 5.74) is 6.67. The highest BCUT2D eigenvalue weighted by Gasteiger charge is 2.18. The average Bonchev–Trinajstić information content (AvgIpc) is 2.83. The van der Waals surface area contributed by atoms with Gasteiger partial charge in [0.05, 0.1) is 22.6 Å². The van der Waals surface area contributed by atoms with E-state index in [1.54, 1.807) is 17.0 Å². The van der Waals surface area contributed by atoms with Gasteiger partial charge in [-0.05, 0) is 51.5 Å². The van der Waals surface area contributed by atoms with Crippen LogP contribution in [0.1, 0.15) is 53.5 Å². The number of benzene rings is 1. The van der Waals surface area contributed by atoms with Gasteiger partial charge in [0.25, 0.3) is 5.56 Å². The smallest absolute Gasteiger partial charge is 0.261 e. The number of hydrogen-bond donors (Lipinski definition) is 0. The van der Waals surface area contributed by atoms with Crippen molar-refractivity contribution in [1.82, 2.24) is 19.5 Å². The van der Waals surface area contributed by atoms with Crippen LogP contribution >= 0.6 is 0 Å². The Labute approximate surface area is 200 Å². The standard InChI is InChI=1S/C28H30N4O2/c1-17(2)27-30-13-11-24(31-27)25-15-23(10-12-29-25)32-21(6)19(4)26(20(5)28(32)33)34-16-22-9-7-8-18(3)14-22/h7-15,17H,16H2,1-6H3. The van der Waals surface area contributed by atoms with Crippen LogP contribution in [0.3, 0.4) is 0 Å². The molecule has 0 fully saturated rings. The van der Waals surface area contributed by atoms with E-state index in [0.29, 0.717) is 23.6 Å². The molecular weight excluding hydrogens is 424 g/mol. The Morgan fingerprint density at radius 1 is 0.912 bits per heavy atom. The summed E-state index contributed by atoms with van der Waals surface area (Å²) in [5, 5.41) is 0. The van der Waals surface area contributed by atoms with E-state index in [9.17, 15) is 4.79 Å². The van der Waals surface area contributed by atoms with Gasteiger partial charge in [0.1, 0.15) is 18.2 Å². The molecule has 0 spiro atoms. The van der Waals surface area contributed by atoms with E-state index in [4.69, 9.17) is 4.74 Å². The molecule has 0 amide bonds. The van der Waals surface area contributed by atoms with Crippen LogP contribution in [0.15, 0.2) is 59.7 Å². The molecule has 6 heteroatoms. The Balaban J connectivity index is 1.73. The van der Waals surface area contributed by atoms with Crippen LogP contribution in [0.25, 0.3) is 17.1 Å². The molecule has 0 aliphatic carbocycles. The van der Waals surface area contributed by atoms with Gasteiger partial charge in [0, 0.05) is 29.6 Å². The first-order valence-corrected chi connectivity index (χ1v) is 11.5. The van der Waals surface area contributed by atoms with Crippen LogP contribution in [-0.4, -0.2) is 19.5 Å². The van der Waals surface area contributed by atoms with Crippen LogP contribution in [0.5, 0.6) is 5.75 Å². The van der Waals surface area contributed by atoms with Crippen LogP contribution < -0.4 is 10.3 Å². The molecule has 0 radical (unpaired) electrons. The van der Waals surface area contributed by atoms with Crippen LogP contribution in [-0.2, 0) is 6.61 Å². The summed E-state index contributed by atoms with van der Waals surface area (Å²) >= 11 is 0. The summed E-state index contributed by atoms with van der Waals surface area (Å²) in [6.07, 6.45) is 3.46. The monoisotopic (exact) mass is 454 g/mol. The zero-order valence-corrected chi connectivity index (χ0v) is 20.6. The van der Waals surface area contributed by atoms with Crippen molar-refractivity contribution in [3.63, 3.8) is 0 Å². The molecule has 3 heterocycles. The quantitative estimate of drug-likeness (QED) is 0.378. The van der Waals surface area contributed by atoms with E-state index >= 15 is 0 Å². The number of nitrogens with zero attached hydrogens (tertiary/aromatic N) is 4. The number of aryl methyl sites for hydroxylation is 1. The van der Waals surface area contributed by atoms with Crippen molar-refractivity contribution in [2.45, 2.75) is 54.1 Å². The number of hydrogen-bond acceptors (Lipinski definition) is 5. The number of rotatable bonds is 6. The lowest BCUT2D eigenvalue weighted by atomic mass is 10.1. The number of pyridine rings is 2. The third-order valence-corrected chi connectivity index (χ3v) is 6.00. The van der Waals surface area contributed by atoms with Crippen molar-refractivity contribution < 1.29 is 4.74 Å². The summed E-state index contributed by atoms with van der Waals surface area (Å²) in [6, 6.07) is 13.8. The number of ether oxygens (including phenoxy) is 1. The topological polar surface area (TPSA) is 69.9 Å².